The van der Waals surface area contributed by atoms with Crippen LogP contribution in [0.1, 0.15) is 57.2 Å². The Bertz CT molecular complexity index is 1320. The maximum Gasteiger partial charge on any atom is 0.349 e. The Morgan fingerprint density at radius 2 is 1.74 bits per heavy atom. The summed E-state index contributed by atoms with van der Waals surface area (Å²) in [4.78, 5) is 35.5. The van der Waals surface area contributed by atoms with Crippen molar-refractivity contribution in [2.45, 2.75) is 66.5 Å². The molecule has 1 atom stereocenters. The monoisotopic (exact) mass is 462 g/mol. The fourth-order valence-electron chi connectivity index (χ4n) is 3.96. The summed E-state index contributed by atoms with van der Waals surface area (Å²) in [5, 5.41) is 0. The zero-order chi connectivity index (χ0) is 24.8. The van der Waals surface area contributed by atoms with Gasteiger partial charge < -0.3 is 9.30 Å². The zero-order valence-corrected chi connectivity index (χ0v) is 20.9. The predicted molar refractivity (Wildman–Crippen MR) is 137 cm³/mol. The standard InChI is InChI=1S/C25H28N4O3.C2H6/c1-5-32-19(12-17-8-6-16(4)7-9-17)14-29-21-11-10-18(15(2)3)13-20(21)26-22-23(29)27-25(31)28-24(22)30;1-2/h6-11,13,15,19H,5,12,14H2,1-4H3,(H,28,30,31);1-2H3. The highest BCUT2D eigenvalue weighted by molar-refractivity contribution is 5.80. The normalized spacial score (nSPS) is 12.1. The Morgan fingerprint density at radius 1 is 1.03 bits per heavy atom. The quantitative estimate of drug-likeness (QED) is 0.403. The van der Waals surface area contributed by atoms with Crippen molar-refractivity contribution in [1.29, 1.82) is 0 Å². The average Bonchev–Trinajstić information content (AvgIpc) is 2.82. The summed E-state index contributed by atoms with van der Waals surface area (Å²) >= 11 is 0. The number of aromatic amines is 1. The third-order valence-electron chi connectivity index (χ3n) is 5.67. The third kappa shape index (κ3) is 5.59. The number of hydrogen-bond donors (Lipinski definition) is 1. The molecule has 0 radical (unpaired) electrons. The molecule has 2 aliphatic rings. The summed E-state index contributed by atoms with van der Waals surface area (Å²) < 4.78 is 7.96. The topological polar surface area (TPSA) is 89.9 Å². The third-order valence-corrected chi connectivity index (χ3v) is 5.67. The molecule has 1 N–H and O–H groups in total. The van der Waals surface area contributed by atoms with Crippen molar-refractivity contribution in [3.05, 3.63) is 80.0 Å². The van der Waals surface area contributed by atoms with Gasteiger partial charge in [-0.3, -0.25) is 9.78 Å². The van der Waals surface area contributed by atoms with E-state index in [1.165, 1.54) is 5.56 Å². The lowest BCUT2D eigenvalue weighted by Gasteiger charge is -2.23. The minimum Gasteiger partial charge on any atom is -0.376 e. The first-order valence-electron chi connectivity index (χ1n) is 12.0. The summed E-state index contributed by atoms with van der Waals surface area (Å²) in [6, 6.07) is 14.4. The fraction of sp³-hybridized carbons (Fsp3) is 0.407. The zero-order valence-electron chi connectivity index (χ0n) is 20.9. The van der Waals surface area contributed by atoms with Crippen molar-refractivity contribution in [3.63, 3.8) is 0 Å². The molecule has 0 aliphatic carbocycles. The van der Waals surface area contributed by atoms with Crippen molar-refractivity contribution in [2.75, 3.05) is 6.61 Å². The first-order chi connectivity index (χ1) is 16.4. The smallest absolute Gasteiger partial charge is 0.349 e. The maximum absolute atomic E-state index is 12.5. The fourth-order valence-corrected chi connectivity index (χ4v) is 3.96. The molecule has 0 saturated carbocycles. The molecule has 7 heteroatoms. The Balaban J connectivity index is 0.00000158. The van der Waals surface area contributed by atoms with Crippen LogP contribution < -0.4 is 11.2 Å². The molecule has 0 amide bonds. The molecule has 0 bridgehead atoms. The average molecular weight is 463 g/mol. The molecule has 0 saturated heterocycles. The second-order valence-corrected chi connectivity index (χ2v) is 8.44. The van der Waals surface area contributed by atoms with Crippen LogP contribution in [0.4, 0.5) is 0 Å². The largest absolute Gasteiger partial charge is 0.376 e. The number of aromatic nitrogens is 4. The molecule has 2 aromatic rings. The Hall–Kier alpha value is -3.32. The lowest BCUT2D eigenvalue weighted by atomic mass is 10.0. The van der Waals surface area contributed by atoms with Gasteiger partial charge in [0.1, 0.15) is 0 Å². The van der Waals surface area contributed by atoms with Crippen molar-refractivity contribution in [2.24, 2.45) is 0 Å². The van der Waals surface area contributed by atoms with Crippen LogP contribution in [0.25, 0.3) is 22.6 Å². The molecule has 2 aliphatic heterocycles. The second-order valence-electron chi connectivity index (χ2n) is 8.44. The summed E-state index contributed by atoms with van der Waals surface area (Å²) in [7, 11) is 0. The Kier molecular flexibility index (Phi) is 8.34. The summed E-state index contributed by atoms with van der Waals surface area (Å²) in [5.41, 5.74) is 3.95. The molecule has 0 spiro atoms. The van der Waals surface area contributed by atoms with E-state index in [-0.39, 0.29) is 17.6 Å². The molecule has 1 unspecified atom stereocenters. The van der Waals surface area contributed by atoms with E-state index in [4.69, 9.17) is 4.74 Å². The van der Waals surface area contributed by atoms with E-state index < -0.39 is 11.2 Å². The molecule has 2 heterocycles. The van der Waals surface area contributed by atoms with Crippen LogP contribution in [0, 0.1) is 6.92 Å². The van der Waals surface area contributed by atoms with E-state index in [0.717, 1.165) is 16.6 Å². The summed E-state index contributed by atoms with van der Waals surface area (Å²) in [6.07, 6.45) is 0.534. The van der Waals surface area contributed by atoms with E-state index >= 15 is 0 Å². The molecule has 2 aromatic carbocycles. The van der Waals surface area contributed by atoms with Crippen LogP contribution in [0.2, 0.25) is 0 Å². The predicted octanol–water partition coefficient (Wildman–Crippen LogP) is 4.69. The highest BCUT2D eigenvalue weighted by Gasteiger charge is 2.22. The van der Waals surface area contributed by atoms with Crippen LogP contribution in [-0.2, 0) is 17.7 Å². The lowest BCUT2D eigenvalue weighted by Crippen LogP contribution is -2.31. The first kappa shape index (κ1) is 25.3. The van der Waals surface area contributed by atoms with Gasteiger partial charge in [-0.05, 0) is 43.0 Å². The van der Waals surface area contributed by atoms with E-state index in [0.29, 0.717) is 31.0 Å². The van der Waals surface area contributed by atoms with Crippen molar-refractivity contribution < 1.29 is 4.74 Å². The van der Waals surface area contributed by atoms with Gasteiger partial charge >= 0.3 is 5.69 Å². The van der Waals surface area contributed by atoms with Gasteiger partial charge in [0.15, 0.2) is 11.5 Å². The van der Waals surface area contributed by atoms with Gasteiger partial charge in [-0.25, -0.2) is 9.78 Å². The highest BCUT2D eigenvalue weighted by Crippen LogP contribution is 2.25. The molecule has 7 nitrogen and oxygen atoms in total. The molecule has 0 fully saturated rings. The van der Waals surface area contributed by atoms with Crippen molar-refractivity contribution in [3.8, 4) is 11.5 Å². The molecular weight excluding hydrogens is 428 g/mol. The van der Waals surface area contributed by atoms with Crippen LogP contribution in [-0.4, -0.2) is 32.2 Å². The Morgan fingerprint density at radius 3 is 2.38 bits per heavy atom. The van der Waals surface area contributed by atoms with Gasteiger partial charge in [0.2, 0.25) is 0 Å². The van der Waals surface area contributed by atoms with Crippen molar-refractivity contribution in [1.82, 2.24) is 19.5 Å². The number of nitrogens with zero attached hydrogens (tertiary/aromatic N) is 3. The van der Waals surface area contributed by atoms with Crippen LogP contribution in [0.15, 0.2) is 52.1 Å². The lowest BCUT2D eigenvalue weighted by molar-refractivity contribution is 0.0517. The number of rotatable bonds is 7. The summed E-state index contributed by atoms with van der Waals surface area (Å²) in [5.74, 6) is 0.598. The summed E-state index contributed by atoms with van der Waals surface area (Å²) in [6.45, 7) is 13.2. The van der Waals surface area contributed by atoms with E-state index in [1.54, 1.807) is 0 Å². The molecular formula is C27H34N4O3. The number of H-pyrrole nitrogens is 1. The van der Waals surface area contributed by atoms with Gasteiger partial charge in [0.25, 0.3) is 5.56 Å². The van der Waals surface area contributed by atoms with Gasteiger partial charge in [0.05, 0.1) is 23.7 Å². The number of fused-ring (bicyclic) bond motifs is 2. The van der Waals surface area contributed by atoms with E-state index in [9.17, 15) is 9.59 Å². The maximum atomic E-state index is 12.5. The number of aryl methyl sites for hydroxylation is 1. The SMILES string of the molecule is CC.CCOC(Cc1ccc(C)cc1)Cn1c2nc(=O)[nH]c(=O)c-2nc2cc(C(C)C)ccc21. The van der Waals surface area contributed by atoms with Crippen LogP contribution >= 0.6 is 0 Å². The van der Waals surface area contributed by atoms with Crippen LogP contribution in [0.3, 0.4) is 0 Å². The van der Waals surface area contributed by atoms with Crippen molar-refractivity contribution >= 4 is 11.0 Å². The van der Waals surface area contributed by atoms with Gasteiger partial charge in [-0.15, -0.1) is 0 Å². The number of ether oxygens (including phenoxy) is 1. The van der Waals surface area contributed by atoms with Gasteiger partial charge in [0, 0.05) is 13.0 Å². The molecule has 180 valence electrons. The van der Waals surface area contributed by atoms with Gasteiger partial charge in [-0.1, -0.05) is 63.6 Å². The molecule has 34 heavy (non-hydrogen) atoms. The first-order valence-corrected chi connectivity index (χ1v) is 12.0. The minimum absolute atomic E-state index is 0.156. The number of hydrogen-bond acceptors (Lipinski definition) is 5. The highest BCUT2D eigenvalue weighted by atomic mass is 16.5. The van der Waals surface area contributed by atoms with E-state index in [2.05, 4.69) is 66.1 Å². The second kappa shape index (κ2) is 11.2. The van der Waals surface area contributed by atoms with Gasteiger partial charge in [-0.2, -0.15) is 4.98 Å². The van der Waals surface area contributed by atoms with Crippen LogP contribution in [0.5, 0.6) is 0 Å². The number of benzene rings is 2. The molecule has 0 aromatic heterocycles. The minimum atomic E-state index is -0.678. The number of nitrogens with one attached hydrogen (secondary N) is 1. The Labute approximate surface area is 200 Å². The van der Waals surface area contributed by atoms with E-state index in [1.807, 2.05) is 37.5 Å². The molecule has 4 rings (SSSR count).